The van der Waals surface area contributed by atoms with Crippen molar-refractivity contribution in [1.82, 2.24) is 30.7 Å². The number of nitrogens with one attached hydrogen (secondary N) is 5. The fraction of sp³-hybridized carbons (Fsp3) is 0.300. The Labute approximate surface area is 276 Å². The van der Waals surface area contributed by atoms with Gasteiger partial charge in [-0.1, -0.05) is 28.9 Å². The van der Waals surface area contributed by atoms with Gasteiger partial charge in [0.1, 0.15) is 5.76 Å². The molecule has 48 heavy (non-hydrogen) atoms. The minimum absolute atomic E-state index is 0.00925. The minimum atomic E-state index is -4.60. The molecular formula is C30H29ClF3N9O5. The molecule has 1 saturated carbocycles. The molecule has 0 bridgehead atoms. The van der Waals surface area contributed by atoms with Gasteiger partial charge in [0, 0.05) is 35.4 Å². The van der Waals surface area contributed by atoms with E-state index in [0.717, 1.165) is 18.4 Å². The van der Waals surface area contributed by atoms with Crippen LogP contribution in [0.3, 0.4) is 0 Å². The number of rotatable bonds is 13. The van der Waals surface area contributed by atoms with Crippen LogP contribution in [0.1, 0.15) is 40.9 Å². The summed E-state index contributed by atoms with van der Waals surface area (Å²) >= 11 is 6.01. The molecule has 1 fully saturated rings. The summed E-state index contributed by atoms with van der Waals surface area (Å²) in [6, 6.07) is 14.3. The molecule has 0 atom stereocenters. The van der Waals surface area contributed by atoms with E-state index < -0.39 is 42.1 Å². The molecule has 5 rings (SSSR count). The predicted octanol–water partition coefficient (Wildman–Crippen LogP) is 4.48. The zero-order valence-corrected chi connectivity index (χ0v) is 26.0. The van der Waals surface area contributed by atoms with Crippen molar-refractivity contribution in [2.24, 2.45) is 0 Å². The van der Waals surface area contributed by atoms with Crippen molar-refractivity contribution in [2.75, 3.05) is 35.6 Å². The van der Waals surface area contributed by atoms with E-state index in [9.17, 15) is 27.6 Å². The van der Waals surface area contributed by atoms with Gasteiger partial charge in [-0.05, 0) is 68.1 Å². The smallest absolute Gasteiger partial charge is 0.422 e. The minimum Gasteiger partial charge on any atom is -0.454 e. The van der Waals surface area contributed by atoms with Crippen LogP contribution in [0.4, 0.5) is 36.6 Å². The first-order chi connectivity index (χ1) is 22.9. The average Bonchev–Trinajstić information content (AvgIpc) is 3.71. The van der Waals surface area contributed by atoms with E-state index in [2.05, 4.69) is 46.7 Å². The second-order valence-corrected chi connectivity index (χ2v) is 11.2. The molecule has 5 N–H and O–H groups in total. The van der Waals surface area contributed by atoms with Gasteiger partial charge in [0.15, 0.2) is 12.4 Å². The van der Waals surface area contributed by atoms with E-state index in [1.165, 1.54) is 18.2 Å². The Bertz CT molecular complexity index is 1770. The highest BCUT2D eigenvalue weighted by atomic mass is 35.5. The van der Waals surface area contributed by atoms with Crippen molar-refractivity contribution in [1.29, 1.82) is 0 Å². The average molecular weight is 688 g/mol. The van der Waals surface area contributed by atoms with Crippen LogP contribution in [-0.4, -0.2) is 63.7 Å². The molecular weight excluding hydrogens is 659 g/mol. The van der Waals surface area contributed by atoms with Crippen LogP contribution < -0.4 is 31.3 Å². The molecule has 1 aliphatic rings. The van der Waals surface area contributed by atoms with E-state index in [1.54, 1.807) is 31.2 Å². The Morgan fingerprint density at radius 1 is 0.938 bits per heavy atom. The Morgan fingerprint density at radius 2 is 1.62 bits per heavy atom. The number of amides is 3. The van der Waals surface area contributed by atoms with E-state index >= 15 is 0 Å². The number of carbonyl (C=O) groups is 3. The third-order valence-electron chi connectivity index (χ3n) is 6.88. The summed E-state index contributed by atoms with van der Waals surface area (Å²) in [7, 11) is 0. The van der Waals surface area contributed by atoms with Gasteiger partial charge in [-0.25, -0.2) is 0 Å². The molecule has 2 aromatic heterocycles. The predicted molar refractivity (Wildman–Crippen MR) is 167 cm³/mol. The molecule has 0 saturated heterocycles. The molecule has 0 radical (unpaired) electrons. The fourth-order valence-electron chi connectivity index (χ4n) is 4.38. The van der Waals surface area contributed by atoms with Crippen LogP contribution in [0.2, 0.25) is 5.02 Å². The summed E-state index contributed by atoms with van der Waals surface area (Å²) in [4.78, 5) is 48.8. The summed E-state index contributed by atoms with van der Waals surface area (Å²) in [6.07, 6.45) is -2.78. The lowest BCUT2D eigenvalue weighted by Gasteiger charge is -2.19. The number of aryl methyl sites for hydroxylation is 1. The summed E-state index contributed by atoms with van der Waals surface area (Å²) in [5, 5.41) is 17.7. The third kappa shape index (κ3) is 9.54. The van der Waals surface area contributed by atoms with Crippen LogP contribution >= 0.6 is 11.6 Å². The quantitative estimate of drug-likeness (QED) is 0.0986. The topological polar surface area (TPSA) is 185 Å². The lowest BCUT2D eigenvalue weighted by atomic mass is 10.1. The Hall–Kier alpha value is -5.45. The second kappa shape index (κ2) is 14.5. The fourth-order valence-corrected chi connectivity index (χ4v) is 4.51. The Balaban J connectivity index is 1.14. The Kier molecular flexibility index (Phi) is 10.3. The highest BCUT2D eigenvalue weighted by molar-refractivity contribution is 6.39. The lowest BCUT2D eigenvalue weighted by molar-refractivity contribution is -0.154. The maximum Gasteiger partial charge on any atom is 0.422 e. The number of benzene rings is 2. The highest BCUT2D eigenvalue weighted by Gasteiger charge is 2.45. The molecule has 14 nitrogen and oxygen atoms in total. The first kappa shape index (κ1) is 33.9. The molecule has 4 aromatic rings. The number of aromatic nitrogens is 4. The van der Waals surface area contributed by atoms with Crippen molar-refractivity contribution < 1.29 is 36.8 Å². The molecule has 18 heteroatoms. The van der Waals surface area contributed by atoms with Crippen molar-refractivity contribution in [3.8, 4) is 6.01 Å². The molecule has 2 heterocycles. The molecule has 2 aromatic carbocycles. The van der Waals surface area contributed by atoms with Crippen molar-refractivity contribution in [2.45, 2.75) is 37.9 Å². The number of carbonyl (C=O) groups excluding carboxylic acids is 3. The van der Waals surface area contributed by atoms with Crippen molar-refractivity contribution in [3.05, 3.63) is 76.5 Å². The van der Waals surface area contributed by atoms with Gasteiger partial charge in [0.05, 0.1) is 5.54 Å². The molecule has 1 aliphatic carbocycles. The van der Waals surface area contributed by atoms with Gasteiger partial charge < -0.3 is 30.5 Å². The zero-order chi connectivity index (χ0) is 34.3. The number of alkyl halides is 3. The van der Waals surface area contributed by atoms with Crippen molar-refractivity contribution in [3.63, 3.8) is 0 Å². The van der Waals surface area contributed by atoms with E-state index in [-0.39, 0.29) is 30.8 Å². The summed E-state index contributed by atoms with van der Waals surface area (Å²) < 4.78 is 48.2. The van der Waals surface area contributed by atoms with Crippen LogP contribution in [0.5, 0.6) is 6.01 Å². The second-order valence-electron chi connectivity index (χ2n) is 10.7. The largest absolute Gasteiger partial charge is 0.454 e. The number of halogens is 4. The van der Waals surface area contributed by atoms with E-state index in [1.807, 2.05) is 12.1 Å². The van der Waals surface area contributed by atoms with Crippen LogP contribution in [0.15, 0.2) is 59.1 Å². The number of hydrogen-bond acceptors (Lipinski definition) is 11. The maximum absolute atomic E-state index is 12.9. The van der Waals surface area contributed by atoms with Crippen molar-refractivity contribution >= 4 is 52.7 Å². The SMILES string of the molecule is Cc1cc(NC(=O)C(=O)NCCCNC(=O)c2ccc(Nc3nc(NC4(c5ccc(Cl)cc5)CC4)nc(OCC(F)(F)F)n3)cc2)no1. The van der Waals surface area contributed by atoms with E-state index in [4.69, 9.17) is 20.9 Å². The van der Waals surface area contributed by atoms with Gasteiger partial charge in [0.2, 0.25) is 11.9 Å². The number of ether oxygens (including phenoxy) is 1. The van der Waals surface area contributed by atoms with Crippen LogP contribution in [0, 0.1) is 6.92 Å². The van der Waals surface area contributed by atoms with E-state index in [0.29, 0.717) is 28.5 Å². The van der Waals surface area contributed by atoms with Gasteiger partial charge in [-0.3, -0.25) is 19.7 Å². The molecule has 252 valence electrons. The standard InChI is InChI=1S/C30H29ClF3N9O5/c1-17-15-22(43-48-17)38-25(46)24(45)36-14-2-13-35-23(44)18-3-9-21(10-4-18)37-26-39-27(41-28(40-26)47-16-30(32,33)34)42-29(11-12-29)19-5-7-20(31)8-6-19/h3-10,15H,2,11-14,16H2,1H3,(H,35,44)(H,36,45)(H,38,43,46)(H2,37,39,40,41,42). The first-order valence-electron chi connectivity index (χ1n) is 14.6. The zero-order valence-electron chi connectivity index (χ0n) is 25.3. The Morgan fingerprint density at radius 3 is 2.27 bits per heavy atom. The van der Waals surface area contributed by atoms with Gasteiger partial charge in [-0.2, -0.15) is 28.1 Å². The number of nitrogens with zero attached hydrogens (tertiary/aromatic N) is 4. The summed E-state index contributed by atoms with van der Waals surface area (Å²) in [5.41, 5.74) is 1.15. The first-order valence-corrected chi connectivity index (χ1v) is 14.9. The van der Waals surface area contributed by atoms with Gasteiger partial charge in [0.25, 0.3) is 5.91 Å². The van der Waals surface area contributed by atoms with Gasteiger partial charge >= 0.3 is 24.0 Å². The third-order valence-corrected chi connectivity index (χ3v) is 7.13. The summed E-state index contributed by atoms with van der Waals surface area (Å²) in [6.45, 7) is 0.390. The molecule has 0 unspecified atom stereocenters. The molecule has 3 amide bonds. The molecule has 0 aliphatic heterocycles. The highest BCUT2D eigenvalue weighted by Crippen LogP contribution is 2.48. The number of hydrogen-bond donors (Lipinski definition) is 5. The van der Waals surface area contributed by atoms with Crippen LogP contribution in [0.25, 0.3) is 0 Å². The van der Waals surface area contributed by atoms with Gasteiger partial charge in [-0.15, -0.1) is 0 Å². The molecule has 0 spiro atoms. The lowest BCUT2D eigenvalue weighted by Crippen LogP contribution is -2.37. The monoisotopic (exact) mass is 687 g/mol. The normalized spacial score (nSPS) is 13.3. The number of anilines is 4. The maximum atomic E-state index is 12.9. The van der Waals surface area contributed by atoms with Crippen LogP contribution in [-0.2, 0) is 15.1 Å². The summed E-state index contributed by atoms with van der Waals surface area (Å²) in [5.74, 6) is -1.64.